The Bertz CT molecular complexity index is 401. The molecule has 1 amide bonds. The van der Waals surface area contributed by atoms with Crippen molar-refractivity contribution in [1.82, 2.24) is 14.9 Å². The molecule has 1 aromatic rings. The van der Waals surface area contributed by atoms with Crippen molar-refractivity contribution in [1.29, 1.82) is 0 Å². The van der Waals surface area contributed by atoms with Gasteiger partial charge in [-0.2, -0.15) is 0 Å². The number of nitrogens with one attached hydrogen (secondary N) is 1. The van der Waals surface area contributed by atoms with Crippen molar-refractivity contribution in [3.63, 3.8) is 0 Å². The van der Waals surface area contributed by atoms with E-state index in [1.807, 2.05) is 20.8 Å². The Balaban J connectivity index is 3.20. The van der Waals surface area contributed by atoms with Crippen molar-refractivity contribution in [2.45, 2.75) is 26.7 Å². The monoisotopic (exact) mass is 236 g/mol. The standard InChI is InChI=1S/C12H20N4O/c1-6-13-9-7-14-11(8(2)3)15-10(9)12(17)16(4)5/h7-8,13H,6H2,1-5H3. The van der Waals surface area contributed by atoms with Crippen LogP contribution in [0.25, 0.3) is 0 Å². The molecule has 5 nitrogen and oxygen atoms in total. The van der Waals surface area contributed by atoms with Gasteiger partial charge < -0.3 is 10.2 Å². The second kappa shape index (κ2) is 5.61. The second-order valence-electron chi connectivity index (χ2n) is 4.38. The third-order valence-electron chi connectivity index (χ3n) is 2.30. The Labute approximate surface area is 102 Å². The highest BCUT2D eigenvalue weighted by atomic mass is 16.2. The van der Waals surface area contributed by atoms with Crippen LogP contribution in [0, 0.1) is 0 Å². The minimum atomic E-state index is -0.106. The second-order valence-corrected chi connectivity index (χ2v) is 4.38. The summed E-state index contributed by atoms with van der Waals surface area (Å²) in [7, 11) is 3.43. The van der Waals surface area contributed by atoms with Crippen molar-refractivity contribution < 1.29 is 4.79 Å². The summed E-state index contributed by atoms with van der Waals surface area (Å²) in [4.78, 5) is 22.1. The number of nitrogens with zero attached hydrogens (tertiary/aromatic N) is 3. The molecule has 5 heteroatoms. The molecule has 0 atom stereocenters. The van der Waals surface area contributed by atoms with Crippen LogP contribution in [0.2, 0.25) is 0 Å². The van der Waals surface area contributed by atoms with E-state index in [0.717, 1.165) is 6.54 Å². The fourth-order valence-corrected chi connectivity index (χ4v) is 1.37. The summed E-state index contributed by atoms with van der Waals surface area (Å²) < 4.78 is 0. The van der Waals surface area contributed by atoms with Crippen LogP contribution in [0.4, 0.5) is 5.69 Å². The Kier molecular flexibility index (Phi) is 4.43. The van der Waals surface area contributed by atoms with E-state index in [-0.39, 0.29) is 11.8 Å². The van der Waals surface area contributed by atoms with Crippen molar-refractivity contribution in [2.75, 3.05) is 26.0 Å². The first-order chi connectivity index (χ1) is 7.97. The fraction of sp³-hybridized carbons (Fsp3) is 0.583. The third-order valence-corrected chi connectivity index (χ3v) is 2.30. The molecule has 0 aliphatic rings. The predicted molar refractivity (Wildman–Crippen MR) is 68.3 cm³/mol. The van der Waals surface area contributed by atoms with Gasteiger partial charge in [0.25, 0.3) is 5.91 Å². The molecule has 0 aromatic carbocycles. The lowest BCUT2D eigenvalue weighted by Gasteiger charge is -2.15. The van der Waals surface area contributed by atoms with Crippen LogP contribution in [0.5, 0.6) is 0 Å². The molecule has 0 saturated heterocycles. The first-order valence-electron chi connectivity index (χ1n) is 5.79. The number of hydrogen-bond acceptors (Lipinski definition) is 4. The quantitative estimate of drug-likeness (QED) is 0.865. The Morgan fingerprint density at radius 3 is 2.59 bits per heavy atom. The third kappa shape index (κ3) is 3.15. The van der Waals surface area contributed by atoms with Crippen molar-refractivity contribution >= 4 is 11.6 Å². The molecule has 0 unspecified atom stereocenters. The molecular weight excluding hydrogens is 216 g/mol. The zero-order valence-corrected chi connectivity index (χ0v) is 11.1. The van der Waals surface area contributed by atoms with Crippen LogP contribution in [0.1, 0.15) is 43.0 Å². The van der Waals surface area contributed by atoms with Gasteiger partial charge in [-0.05, 0) is 6.92 Å². The van der Waals surface area contributed by atoms with Crippen LogP contribution in [0.3, 0.4) is 0 Å². The highest BCUT2D eigenvalue weighted by Crippen LogP contribution is 2.17. The summed E-state index contributed by atoms with van der Waals surface area (Å²) in [5, 5.41) is 3.11. The van der Waals surface area contributed by atoms with Crippen LogP contribution >= 0.6 is 0 Å². The first-order valence-corrected chi connectivity index (χ1v) is 5.79. The van der Waals surface area contributed by atoms with Gasteiger partial charge >= 0.3 is 0 Å². The van der Waals surface area contributed by atoms with E-state index in [1.165, 1.54) is 4.90 Å². The van der Waals surface area contributed by atoms with E-state index in [4.69, 9.17) is 0 Å². The molecule has 1 aromatic heterocycles. The number of hydrogen-bond donors (Lipinski definition) is 1. The molecule has 0 bridgehead atoms. The Morgan fingerprint density at radius 2 is 2.12 bits per heavy atom. The summed E-state index contributed by atoms with van der Waals surface area (Å²) in [6.07, 6.45) is 1.68. The van der Waals surface area contributed by atoms with E-state index < -0.39 is 0 Å². The number of carbonyl (C=O) groups is 1. The Hall–Kier alpha value is -1.65. The van der Waals surface area contributed by atoms with Gasteiger partial charge in [0.2, 0.25) is 0 Å². The zero-order chi connectivity index (χ0) is 13.0. The van der Waals surface area contributed by atoms with Gasteiger partial charge in [0, 0.05) is 26.6 Å². The van der Waals surface area contributed by atoms with Gasteiger partial charge in [-0.1, -0.05) is 13.8 Å². The van der Waals surface area contributed by atoms with Crippen molar-refractivity contribution in [3.05, 3.63) is 17.7 Å². The van der Waals surface area contributed by atoms with Gasteiger partial charge in [0.1, 0.15) is 5.82 Å². The molecule has 0 saturated carbocycles. The molecule has 0 fully saturated rings. The number of carbonyl (C=O) groups excluding carboxylic acids is 1. The topological polar surface area (TPSA) is 58.1 Å². The summed E-state index contributed by atoms with van der Waals surface area (Å²) in [6.45, 7) is 6.72. The van der Waals surface area contributed by atoms with Gasteiger partial charge in [-0.3, -0.25) is 4.79 Å². The average molecular weight is 236 g/mol. The van der Waals surface area contributed by atoms with E-state index in [9.17, 15) is 4.79 Å². The van der Waals surface area contributed by atoms with E-state index in [1.54, 1.807) is 20.3 Å². The molecule has 1 rings (SSSR count). The number of amides is 1. The minimum absolute atomic E-state index is 0.106. The average Bonchev–Trinajstić information content (AvgIpc) is 2.28. The lowest BCUT2D eigenvalue weighted by atomic mass is 10.2. The lowest BCUT2D eigenvalue weighted by molar-refractivity contribution is 0.0822. The van der Waals surface area contributed by atoms with E-state index in [0.29, 0.717) is 17.2 Å². The maximum atomic E-state index is 12.0. The summed E-state index contributed by atoms with van der Waals surface area (Å²) in [6, 6.07) is 0. The molecule has 1 heterocycles. The fourth-order valence-electron chi connectivity index (χ4n) is 1.37. The molecule has 0 radical (unpaired) electrons. The van der Waals surface area contributed by atoms with Crippen LogP contribution in [-0.2, 0) is 0 Å². The van der Waals surface area contributed by atoms with Crippen molar-refractivity contribution in [3.8, 4) is 0 Å². The number of aromatic nitrogens is 2. The zero-order valence-electron chi connectivity index (χ0n) is 11.1. The molecule has 94 valence electrons. The van der Waals surface area contributed by atoms with Crippen LogP contribution < -0.4 is 5.32 Å². The molecule has 0 aliphatic carbocycles. The molecule has 0 spiro atoms. The number of anilines is 1. The molecule has 0 aliphatic heterocycles. The molecule has 17 heavy (non-hydrogen) atoms. The normalized spacial score (nSPS) is 10.5. The highest BCUT2D eigenvalue weighted by molar-refractivity contribution is 5.97. The largest absolute Gasteiger partial charge is 0.382 e. The number of rotatable bonds is 4. The summed E-state index contributed by atoms with van der Waals surface area (Å²) in [5.74, 6) is 0.793. The summed E-state index contributed by atoms with van der Waals surface area (Å²) >= 11 is 0. The highest BCUT2D eigenvalue weighted by Gasteiger charge is 2.17. The van der Waals surface area contributed by atoms with Gasteiger partial charge in [-0.25, -0.2) is 9.97 Å². The molecular formula is C12H20N4O. The smallest absolute Gasteiger partial charge is 0.274 e. The SMILES string of the molecule is CCNc1cnc(C(C)C)nc1C(=O)N(C)C. The van der Waals surface area contributed by atoms with Crippen LogP contribution in [0.15, 0.2) is 6.20 Å². The molecule has 1 N–H and O–H groups in total. The van der Waals surface area contributed by atoms with E-state index >= 15 is 0 Å². The maximum absolute atomic E-state index is 12.0. The summed E-state index contributed by atoms with van der Waals surface area (Å²) in [5.41, 5.74) is 1.13. The van der Waals surface area contributed by atoms with E-state index in [2.05, 4.69) is 15.3 Å². The van der Waals surface area contributed by atoms with Gasteiger partial charge in [-0.15, -0.1) is 0 Å². The van der Waals surface area contributed by atoms with Crippen LogP contribution in [-0.4, -0.2) is 41.4 Å². The van der Waals surface area contributed by atoms with Gasteiger partial charge in [0.15, 0.2) is 5.69 Å². The van der Waals surface area contributed by atoms with Crippen molar-refractivity contribution in [2.24, 2.45) is 0 Å². The van der Waals surface area contributed by atoms with Gasteiger partial charge in [0.05, 0.1) is 11.9 Å². The maximum Gasteiger partial charge on any atom is 0.274 e. The minimum Gasteiger partial charge on any atom is -0.382 e. The first kappa shape index (κ1) is 13.4. The lowest BCUT2D eigenvalue weighted by Crippen LogP contribution is -2.25. The Morgan fingerprint density at radius 1 is 1.47 bits per heavy atom. The predicted octanol–water partition coefficient (Wildman–Crippen LogP) is 1.73.